The van der Waals surface area contributed by atoms with Crippen LogP contribution in [0.25, 0.3) is 0 Å². The van der Waals surface area contributed by atoms with Crippen LogP contribution in [0.2, 0.25) is 0 Å². The van der Waals surface area contributed by atoms with Gasteiger partial charge in [-0.15, -0.1) is 0 Å². The second kappa shape index (κ2) is 8.17. The molecule has 22 heavy (non-hydrogen) atoms. The highest BCUT2D eigenvalue weighted by atomic mass is 16.5. The van der Waals surface area contributed by atoms with E-state index < -0.39 is 0 Å². The summed E-state index contributed by atoms with van der Waals surface area (Å²) in [6, 6.07) is 15.9. The molecule has 2 aromatic carbocycles. The van der Waals surface area contributed by atoms with Gasteiger partial charge in [-0.05, 0) is 38.1 Å². The zero-order valence-electron chi connectivity index (χ0n) is 13.4. The van der Waals surface area contributed by atoms with E-state index in [1.807, 2.05) is 62.4 Å². The van der Waals surface area contributed by atoms with Gasteiger partial charge in [0, 0.05) is 36.6 Å². The van der Waals surface area contributed by atoms with Crippen molar-refractivity contribution >= 4 is 11.4 Å². The molecule has 0 aromatic heterocycles. The van der Waals surface area contributed by atoms with Gasteiger partial charge in [0.1, 0.15) is 11.5 Å². The number of ether oxygens (including phenoxy) is 2. The van der Waals surface area contributed by atoms with Gasteiger partial charge >= 0.3 is 0 Å². The SMILES string of the molecule is COc1cccc(NCCNc2cccc(OC(C)C)c2)c1. The summed E-state index contributed by atoms with van der Waals surface area (Å²) in [5, 5.41) is 6.75. The van der Waals surface area contributed by atoms with E-state index in [9.17, 15) is 0 Å². The molecule has 2 rings (SSSR count). The molecule has 0 radical (unpaired) electrons. The van der Waals surface area contributed by atoms with Crippen molar-refractivity contribution in [2.75, 3.05) is 30.8 Å². The van der Waals surface area contributed by atoms with Crippen LogP contribution in [-0.4, -0.2) is 26.3 Å². The summed E-state index contributed by atoms with van der Waals surface area (Å²) in [5.74, 6) is 1.75. The molecule has 4 heteroatoms. The van der Waals surface area contributed by atoms with Crippen molar-refractivity contribution in [1.82, 2.24) is 0 Å². The van der Waals surface area contributed by atoms with Gasteiger partial charge in [0.25, 0.3) is 0 Å². The molecular weight excluding hydrogens is 276 g/mol. The zero-order valence-corrected chi connectivity index (χ0v) is 13.4. The average Bonchev–Trinajstić information content (AvgIpc) is 2.51. The molecule has 0 aliphatic heterocycles. The van der Waals surface area contributed by atoms with Crippen LogP contribution in [-0.2, 0) is 0 Å². The minimum absolute atomic E-state index is 0.185. The number of methoxy groups -OCH3 is 1. The first-order valence-corrected chi connectivity index (χ1v) is 7.56. The van der Waals surface area contributed by atoms with Crippen LogP contribution in [0.1, 0.15) is 13.8 Å². The molecule has 4 nitrogen and oxygen atoms in total. The molecule has 2 aromatic rings. The summed E-state index contributed by atoms with van der Waals surface area (Å²) < 4.78 is 10.9. The maximum atomic E-state index is 5.69. The van der Waals surface area contributed by atoms with Gasteiger partial charge in [-0.1, -0.05) is 12.1 Å². The number of benzene rings is 2. The number of hydrogen-bond donors (Lipinski definition) is 2. The van der Waals surface area contributed by atoms with Crippen molar-refractivity contribution in [1.29, 1.82) is 0 Å². The minimum atomic E-state index is 0.185. The van der Waals surface area contributed by atoms with Crippen molar-refractivity contribution in [2.45, 2.75) is 20.0 Å². The molecule has 0 unspecified atom stereocenters. The van der Waals surface area contributed by atoms with Crippen LogP contribution in [0.3, 0.4) is 0 Å². The van der Waals surface area contributed by atoms with Crippen LogP contribution in [0.15, 0.2) is 48.5 Å². The summed E-state index contributed by atoms with van der Waals surface area (Å²) in [4.78, 5) is 0. The first kappa shape index (κ1) is 16.0. The molecule has 118 valence electrons. The highest BCUT2D eigenvalue weighted by Crippen LogP contribution is 2.19. The fourth-order valence-electron chi connectivity index (χ4n) is 2.10. The first-order chi connectivity index (χ1) is 10.7. The molecule has 0 fully saturated rings. The predicted molar refractivity (Wildman–Crippen MR) is 92.2 cm³/mol. The van der Waals surface area contributed by atoms with E-state index in [0.717, 1.165) is 36.0 Å². The van der Waals surface area contributed by atoms with Crippen LogP contribution >= 0.6 is 0 Å². The third kappa shape index (κ3) is 5.20. The fraction of sp³-hybridized carbons (Fsp3) is 0.333. The lowest BCUT2D eigenvalue weighted by Gasteiger charge is -2.13. The summed E-state index contributed by atoms with van der Waals surface area (Å²) in [5.41, 5.74) is 2.11. The number of rotatable bonds is 8. The summed E-state index contributed by atoms with van der Waals surface area (Å²) in [6.45, 7) is 5.70. The van der Waals surface area contributed by atoms with E-state index in [-0.39, 0.29) is 6.10 Å². The fourth-order valence-corrected chi connectivity index (χ4v) is 2.10. The molecular formula is C18H24N2O2. The number of hydrogen-bond acceptors (Lipinski definition) is 4. The van der Waals surface area contributed by atoms with Gasteiger partial charge in [-0.25, -0.2) is 0 Å². The normalized spacial score (nSPS) is 10.4. The number of anilines is 2. The lowest BCUT2D eigenvalue weighted by molar-refractivity contribution is 0.242. The Morgan fingerprint density at radius 1 is 0.864 bits per heavy atom. The largest absolute Gasteiger partial charge is 0.497 e. The standard InChI is InChI=1S/C18H24N2O2/c1-14(2)22-18-9-5-7-16(13-18)20-11-10-19-15-6-4-8-17(12-15)21-3/h4-9,12-14,19-20H,10-11H2,1-3H3. The lowest BCUT2D eigenvalue weighted by atomic mass is 10.3. The van der Waals surface area contributed by atoms with Gasteiger partial charge in [-0.3, -0.25) is 0 Å². The topological polar surface area (TPSA) is 42.5 Å². The smallest absolute Gasteiger partial charge is 0.121 e. The third-order valence-electron chi connectivity index (χ3n) is 3.06. The minimum Gasteiger partial charge on any atom is -0.497 e. The second-order valence-electron chi connectivity index (χ2n) is 5.28. The molecule has 0 saturated carbocycles. The van der Waals surface area contributed by atoms with E-state index in [4.69, 9.17) is 9.47 Å². The van der Waals surface area contributed by atoms with Gasteiger partial charge in [0.2, 0.25) is 0 Å². The predicted octanol–water partition coefficient (Wildman–Crippen LogP) is 4.01. The molecule has 0 saturated heterocycles. The van der Waals surface area contributed by atoms with Crippen LogP contribution in [0.5, 0.6) is 11.5 Å². The van der Waals surface area contributed by atoms with Crippen molar-refractivity contribution < 1.29 is 9.47 Å². The average molecular weight is 300 g/mol. The van der Waals surface area contributed by atoms with E-state index in [2.05, 4.69) is 10.6 Å². The van der Waals surface area contributed by atoms with Crippen molar-refractivity contribution in [3.8, 4) is 11.5 Å². The highest BCUT2D eigenvalue weighted by molar-refractivity contribution is 5.50. The Hall–Kier alpha value is -2.36. The van der Waals surface area contributed by atoms with Crippen LogP contribution in [0, 0.1) is 0 Å². The number of nitrogens with one attached hydrogen (secondary N) is 2. The third-order valence-corrected chi connectivity index (χ3v) is 3.06. The monoisotopic (exact) mass is 300 g/mol. The molecule has 0 aliphatic rings. The van der Waals surface area contributed by atoms with Gasteiger partial charge < -0.3 is 20.1 Å². The molecule has 0 spiro atoms. The summed E-state index contributed by atoms with van der Waals surface area (Å²) >= 11 is 0. The van der Waals surface area contributed by atoms with Gasteiger partial charge in [-0.2, -0.15) is 0 Å². The summed E-state index contributed by atoms with van der Waals surface area (Å²) in [6.07, 6.45) is 0.185. The molecule has 0 atom stereocenters. The van der Waals surface area contributed by atoms with E-state index in [0.29, 0.717) is 0 Å². The van der Waals surface area contributed by atoms with Crippen LogP contribution < -0.4 is 20.1 Å². The molecule has 0 amide bonds. The Labute approximate surface area is 132 Å². The van der Waals surface area contributed by atoms with Crippen LogP contribution in [0.4, 0.5) is 11.4 Å². The van der Waals surface area contributed by atoms with Crippen molar-refractivity contribution in [3.05, 3.63) is 48.5 Å². The molecule has 0 heterocycles. The molecule has 0 aliphatic carbocycles. The van der Waals surface area contributed by atoms with E-state index in [1.165, 1.54) is 0 Å². The lowest BCUT2D eigenvalue weighted by Crippen LogP contribution is -2.13. The maximum Gasteiger partial charge on any atom is 0.121 e. The maximum absolute atomic E-state index is 5.69. The Balaban J connectivity index is 1.78. The van der Waals surface area contributed by atoms with Gasteiger partial charge in [0.15, 0.2) is 0 Å². The zero-order chi connectivity index (χ0) is 15.8. The van der Waals surface area contributed by atoms with E-state index in [1.54, 1.807) is 7.11 Å². The summed E-state index contributed by atoms with van der Waals surface area (Å²) in [7, 11) is 1.67. The molecule has 0 bridgehead atoms. The quantitative estimate of drug-likeness (QED) is 0.723. The van der Waals surface area contributed by atoms with E-state index >= 15 is 0 Å². The Morgan fingerprint density at radius 2 is 1.41 bits per heavy atom. The Morgan fingerprint density at radius 3 is 1.95 bits per heavy atom. The Bertz CT molecular complexity index is 585. The molecule has 2 N–H and O–H groups in total. The highest BCUT2D eigenvalue weighted by Gasteiger charge is 1.99. The Kier molecular flexibility index (Phi) is 5.95. The first-order valence-electron chi connectivity index (χ1n) is 7.56. The second-order valence-corrected chi connectivity index (χ2v) is 5.28. The van der Waals surface area contributed by atoms with Crippen molar-refractivity contribution in [2.24, 2.45) is 0 Å². The van der Waals surface area contributed by atoms with Gasteiger partial charge in [0.05, 0.1) is 13.2 Å². The van der Waals surface area contributed by atoms with Crippen molar-refractivity contribution in [3.63, 3.8) is 0 Å².